The van der Waals surface area contributed by atoms with E-state index < -0.39 is 12.0 Å². The molecule has 0 fully saturated rings. The molecule has 3 aromatic rings. The van der Waals surface area contributed by atoms with Crippen LogP contribution in [0.2, 0.25) is 0 Å². The largest absolute Gasteiger partial charge is 0.463 e. The van der Waals surface area contributed by atoms with Gasteiger partial charge >= 0.3 is 5.97 Å². The van der Waals surface area contributed by atoms with Gasteiger partial charge in [-0.05, 0) is 55.3 Å². The van der Waals surface area contributed by atoms with Gasteiger partial charge in [0.25, 0.3) is 5.56 Å². The summed E-state index contributed by atoms with van der Waals surface area (Å²) in [4.78, 5) is 33.7. The highest BCUT2D eigenvalue weighted by Crippen LogP contribution is 2.31. The fourth-order valence-electron chi connectivity index (χ4n) is 3.81. The lowest BCUT2D eigenvalue weighted by Gasteiger charge is -2.25. The zero-order valence-electron chi connectivity index (χ0n) is 18.8. The molecule has 1 atom stereocenters. The first kappa shape index (κ1) is 23.2. The van der Waals surface area contributed by atoms with Crippen LogP contribution in [0.3, 0.4) is 0 Å². The second-order valence-corrected chi connectivity index (χ2v) is 9.77. The fourth-order valence-corrected chi connectivity index (χ4v) is 5.27. The second-order valence-electron chi connectivity index (χ2n) is 7.84. The molecule has 0 amide bonds. The first-order valence-corrected chi connectivity index (χ1v) is 12.1. The van der Waals surface area contributed by atoms with Gasteiger partial charge in [0.05, 0.1) is 28.5 Å². The number of aromatic nitrogens is 1. The standard InChI is InChI=1S/C25H24BrN3O3S/c1-5-32-24(31)21-15(2)27-25-29(22(21)17-9-11-19(12-10-17)28(3)4)23(30)20(33-25)14-16-7-6-8-18(26)13-16/h6-14,22H,5H2,1-4H3/b20-14+/t22-/m0/s1. The molecule has 1 aliphatic heterocycles. The smallest absolute Gasteiger partial charge is 0.338 e. The molecule has 1 aliphatic rings. The molecule has 2 heterocycles. The minimum Gasteiger partial charge on any atom is -0.463 e. The predicted octanol–water partition coefficient (Wildman–Crippen LogP) is 3.63. The summed E-state index contributed by atoms with van der Waals surface area (Å²) in [6, 6.07) is 15.0. The van der Waals surface area contributed by atoms with Crippen molar-refractivity contribution in [1.29, 1.82) is 0 Å². The Morgan fingerprint density at radius 1 is 1.24 bits per heavy atom. The van der Waals surface area contributed by atoms with Gasteiger partial charge in [-0.25, -0.2) is 9.79 Å². The number of rotatable bonds is 5. The summed E-state index contributed by atoms with van der Waals surface area (Å²) in [6.07, 6.45) is 1.85. The molecule has 0 spiro atoms. The lowest BCUT2D eigenvalue weighted by molar-refractivity contribution is -0.139. The van der Waals surface area contributed by atoms with Gasteiger partial charge in [-0.1, -0.05) is 51.5 Å². The molecule has 33 heavy (non-hydrogen) atoms. The number of fused-ring (bicyclic) bond motifs is 1. The third-order valence-electron chi connectivity index (χ3n) is 5.39. The van der Waals surface area contributed by atoms with Crippen LogP contribution in [0.1, 0.15) is 31.0 Å². The number of thiazole rings is 1. The van der Waals surface area contributed by atoms with Crippen molar-refractivity contribution in [3.63, 3.8) is 0 Å². The Labute approximate surface area is 204 Å². The highest BCUT2D eigenvalue weighted by molar-refractivity contribution is 9.10. The maximum Gasteiger partial charge on any atom is 0.338 e. The van der Waals surface area contributed by atoms with Gasteiger partial charge in [-0.15, -0.1) is 0 Å². The molecule has 4 rings (SSSR count). The number of halogens is 1. The van der Waals surface area contributed by atoms with Crippen LogP contribution in [-0.4, -0.2) is 31.2 Å². The molecular weight excluding hydrogens is 502 g/mol. The molecular formula is C25H24BrN3O3S. The monoisotopic (exact) mass is 525 g/mol. The predicted molar refractivity (Wildman–Crippen MR) is 135 cm³/mol. The van der Waals surface area contributed by atoms with E-state index in [4.69, 9.17) is 4.74 Å². The lowest BCUT2D eigenvalue weighted by atomic mass is 9.95. The Hall–Kier alpha value is -2.97. The minimum absolute atomic E-state index is 0.185. The Morgan fingerprint density at radius 3 is 2.61 bits per heavy atom. The van der Waals surface area contributed by atoms with Gasteiger partial charge in [-0.3, -0.25) is 9.36 Å². The van der Waals surface area contributed by atoms with E-state index in [2.05, 4.69) is 20.9 Å². The SMILES string of the molecule is CCOC(=O)C1=C(C)N=c2s/c(=C/c3cccc(Br)c3)c(=O)n2[C@H]1c1ccc(N(C)C)cc1. The summed E-state index contributed by atoms with van der Waals surface area (Å²) in [6.45, 7) is 3.80. The van der Waals surface area contributed by atoms with Gasteiger partial charge in [0.15, 0.2) is 4.80 Å². The average Bonchev–Trinajstić information content (AvgIpc) is 3.07. The average molecular weight is 526 g/mol. The number of hydrogen-bond donors (Lipinski definition) is 0. The molecule has 6 nitrogen and oxygen atoms in total. The quantitative estimate of drug-likeness (QED) is 0.477. The Bertz CT molecular complexity index is 1420. The van der Waals surface area contributed by atoms with E-state index >= 15 is 0 Å². The van der Waals surface area contributed by atoms with E-state index in [0.29, 0.717) is 20.6 Å². The number of esters is 1. The van der Waals surface area contributed by atoms with Crippen LogP contribution in [0.15, 0.2) is 74.1 Å². The topological polar surface area (TPSA) is 63.9 Å². The third kappa shape index (κ3) is 4.58. The first-order valence-electron chi connectivity index (χ1n) is 10.5. The maximum atomic E-state index is 13.6. The van der Waals surface area contributed by atoms with Gasteiger partial charge in [0.1, 0.15) is 0 Å². The van der Waals surface area contributed by atoms with E-state index in [1.165, 1.54) is 11.3 Å². The number of nitrogens with zero attached hydrogens (tertiary/aromatic N) is 3. The summed E-state index contributed by atoms with van der Waals surface area (Å²) in [5.74, 6) is -0.457. The van der Waals surface area contributed by atoms with Crippen LogP contribution >= 0.6 is 27.3 Å². The van der Waals surface area contributed by atoms with Crippen molar-refractivity contribution in [1.82, 2.24) is 4.57 Å². The normalized spacial score (nSPS) is 15.8. The molecule has 0 saturated carbocycles. The van der Waals surface area contributed by atoms with Crippen LogP contribution in [-0.2, 0) is 9.53 Å². The van der Waals surface area contributed by atoms with Crippen molar-refractivity contribution < 1.29 is 9.53 Å². The molecule has 0 N–H and O–H groups in total. The van der Waals surface area contributed by atoms with Crippen LogP contribution in [0.5, 0.6) is 0 Å². The van der Waals surface area contributed by atoms with Crippen LogP contribution < -0.4 is 19.8 Å². The van der Waals surface area contributed by atoms with Crippen LogP contribution in [0.4, 0.5) is 5.69 Å². The van der Waals surface area contributed by atoms with Crippen molar-refractivity contribution in [2.75, 3.05) is 25.6 Å². The highest BCUT2D eigenvalue weighted by Gasteiger charge is 2.33. The summed E-state index contributed by atoms with van der Waals surface area (Å²) in [5, 5.41) is 0. The van der Waals surface area contributed by atoms with Gasteiger partial charge < -0.3 is 9.64 Å². The van der Waals surface area contributed by atoms with Crippen LogP contribution in [0.25, 0.3) is 6.08 Å². The Kier molecular flexibility index (Phi) is 6.67. The number of hydrogen-bond acceptors (Lipinski definition) is 6. The fraction of sp³-hybridized carbons (Fsp3) is 0.240. The number of allylic oxidation sites excluding steroid dienone is 1. The van der Waals surface area contributed by atoms with Crippen molar-refractivity contribution in [3.8, 4) is 0 Å². The Balaban J connectivity index is 1.94. The number of carbonyl (C=O) groups excluding carboxylic acids is 1. The molecule has 0 saturated heterocycles. The number of anilines is 1. The van der Waals surface area contributed by atoms with Crippen molar-refractivity contribution >= 4 is 45.0 Å². The molecule has 170 valence electrons. The van der Waals surface area contributed by atoms with Crippen molar-refractivity contribution in [2.45, 2.75) is 19.9 Å². The van der Waals surface area contributed by atoms with E-state index in [1.54, 1.807) is 18.4 Å². The van der Waals surface area contributed by atoms with Gasteiger partial charge in [0.2, 0.25) is 0 Å². The first-order chi connectivity index (χ1) is 15.8. The molecule has 0 radical (unpaired) electrons. The molecule has 0 bridgehead atoms. The zero-order chi connectivity index (χ0) is 23.7. The summed E-state index contributed by atoms with van der Waals surface area (Å²) >= 11 is 4.79. The number of carbonyl (C=O) groups is 1. The maximum absolute atomic E-state index is 13.6. The molecule has 1 aromatic heterocycles. The second kappa shape index (κ2) is 9.49. The number of benzene rings is 2. The van der Waals surface area contributed by atoms with Crippen LogP contribution in [0, 0.1) is 0 Å². The van der Waals surface area contributed by atoms with Gasteiger partial charge in [0, 0.05) is 24.3 Å². The number of ether oxygens (including phenoxy) is 1. The van der Waals surface area contributed by atoms with Crippen molar-refractivity contribution in [2.24, 2.45) is 4.99 Å². The van der Waals surface area contributed by atoms with Crippen molar-refractivity contribution in [3.05, 3.63) is 95.1 Å². The summed E-state index contributed by atoms with van der Waals surface area (Å²) in [5.41, 5.74) is 3.52. The molecule has 2 aromatic carbocycles. The third-order valence-corrected chi connectivity index (χ3v) is 6.86. The summed E-state index contributed by atoms with van der Waals surface area (Å²) < 4.78 is 8.44. The van der Waals surface area contributed by atoms with E-state index in [-0.39, 0.29) is 12.2 Å². The van der Waals surface area contributed by atoms with E-state index in [1.807, 2.05) is 73.6 Å². The van der Waals surface area contributed by atoms with Gasteiger partial charge in [-0.2, -0.15) is 0 Å². The molecule has 0 unspecified atom stereocenters. The van der Waals surface area contributed by atoms with E-state index in [0.717, 1.165) is 21.3 Å². The Morgan fingerprint density at radius 2 is 1.97 bits per heavy atom. The lowest BCUT2D eigenvalue weighted by Crippen LogP contribution is -2.39. The summed E-state index contributed by atoms with van der Waals surface area (Å²) in [7, 11) is 3.93. The minimum atomic E-state index is -0.610. The zero-order valence-corrected chi connectivity index (χ0v) is 21.2. The van der Waals surface area contributed by atoms with E-state index in [9.17, 15) is 9.59 Å². The molecule has 0 aliphatic carbocycles. The highest BCUT2D eigenvalue weighted by atomic mass is 79.9. The molecule has 8 heteroatoms.